The van der Waals surface area contributed by atoms with Crippen molar-refractivity contribution < 1.29 is 9.52 Å². The minimum Gasteiger partial charge on any atom is -0.466 e. The van der Waals surface area contributed by atoms with E-state index in [1.54, 1.807) is 0 Å². The molecule has 0 aromatic carbocycles. The zero-order valence-electron chi connectivity index (χ0n) is 6.35. The van der Waals surface area contributed by atoms with Crippen molar-refractivity contribution in [2.24, 2.45) is 0 Å². The van der Waals surface area contributed by atoms with E-state index in [0.717, 1.165) is 17.1 Å². The van der Waals surface area contributed by atoms with Crippen molar-refractivity contribution in [2.45, 2.75) is 20.3 Å². The summed E-state index contributed by atoms with van der Waals surface area (Å²) in [6, 6.07) is 1.96. The van der Waals surface area contributed by atoms with E-state index in [1.165, 1.54) is 0 Å². The first-order valence-electron chi connectivity index (χ1n) is 3.41. The Balaban J connectivity index is 2.77. The quantitative estimate of drug-likeness (QED) is 0.674. The van der Waals surface area contributed by atoms with Crippen LogP contribution in [0.1, 0.15) is 17.1 Å². The Labute approximate surface area is 60.5 Å². The van der Waals surface area contributed by atoms with Gasteiger partial charge in [0.05, 0.1) is 6.61 Å². The van der Waals surface area contributed by atoms with E-state index in [1.807, 2.05) is 19.9 Å². The molecule has 0 radical (unpaired) electrons. The average Bonchev–Trinajstić information content (AvgIpc) is 2.14. The predicted molar refractivity (Wildman–Crippen MR) is 39.0 cm³/mol. The summed E-state index contributed by atoms with van der Waals surface area (Å²) in [5.41, 5.74) is 1.16. The van der Waals surface area contributed by atoms with E-state index in [4.69, 9.17) is 9.52 Å². The number of aryl methyl sites for hydroxylation is 2. The Morgan fingerprint density at radius 2 is 2.20 bits per heavy atom. The molecule has 1 aromatic rings. The molecule has 0 aliphatic carbocycles. The van der Waals surface area contributed by atoms with Crippen molar-refractivity contribution in [3.63, 3.8) is 0 Å². The van der Waals surface area contributed by atoms with Gasteiger partial charge in [-0.15, -0.1) is 0 Å². The van der Waals surface area contributed by atoms with Crippen LogP contribution in [0.3, 0.4) is 0 Å². The highest BCUT2D eigenvalue weighted by Gasteiger charge is 2.00. The maximum Gasteiger partial charge on any atom is 0.106 e. The number of hydrogen-bond acceptors (Lipinski definition) is 2. The number of rotatable bonds is 2. The lowest BCUT2D eigenvalue weighted by atomic mass is 10.2. The maximum absolute atomic E-state index is 8.56. The second-order valence-electron chi connectivity index (χ2n) is 2.43. The minimum atomic E-state index is 0.159. The molecule has 2 heteroatoms. The molecule has 0 unspecified atom stereocenters. The monoisotopic (exact) mass is 140 g/mol. The van der Waals surface area contributed by atoms with Gasteiger partial charge in [-0.3, -0.25) is 0 Å². The van der Waals surface area contributed by atoms with Gasteiger partial charge in [0.25, 0.3) is 0 Å². The largest absolute Gasteiger partial charge is 0.466 e. The molecule has 56 valence electrons. The van der Waals surface area contributed by atoms with E-state index >= 15 is 0 Å². The molecule has 1 N–H and O–H groups in total. The third-order valence-corrected chi connectivity index (χ3v) is 1.58. The zero-order chi connectivity index (χ0) is 7.56. The fourth-order valence-electron chi connectivity index (χ4n) is 0.883. The van der Waals surface area contributed by atoms with E-state index in [0.29, 0.717) is 6.42 Å². The summed E-state index contributed by atoms with van der Waals surface area (Å²) in [4.78, 5) is 0. The number of hydrogen-bond donors (Lipinski definition) is 1. The fraction of sp³-hybridized carbons (Fsp3) is 0.500. The number of furan rings is 1. The molecule has 0 saturated carbocycles. The first-order chi connectivity index (χ1) is 4.74. The summed E-state index contributed by atoms with van der Waals surface area (Å²) in [7, 11) is 0. The van der Waals surface area contributed by atoms with Crippen LogP contribution in [0.4, 0.5) is 0 Å². The van der Waals surface area contributed by atoms with Crippen LogP contribution >= 0.6 is 0 Å². The molecule has 1 heterocycles. The second-order valence-corrected chi connectivity index (χ2v) is 2.43. The molecule has 1 aromatic heterocycles. The molecule has 0 amide bonds. The van der Waals surface area contributed by atoms with E-state index in [-0.39, 0.29) is 6.61 Å². The second kappa shape index (κ2) is 2.88. The molecule has 0 aliphatic rings. The minimum absolute atomic E-state index is 0.159. The van der Waals surface area contributed by atoms with Crippen molar-refractivity contribution in [1.29, 1.82) is 0 Å². The van der Waals surface area contributed by atoms with Gasteiger partial charge in [-0.2, -0.15) is 0 Å². The van der Waals surface area contributed by atoms with Gasteiger partial charge in [-0.25, -0.2) is 0 Å². The van der Waals surface area contributed by atoms with Gasteiger partial charge >= 0.3 is 0 Å². The van der Waals surface area contributed by atoms with E-state index < -0.39 is 0 Å². The van der Waals surface area contributed by atoms with Crippen LogP contribution in [-0.2, 0) is 6.42 Å². The SMILES string of the molecule is Cc1cc(CCO)oc1C. The third kappa shape index (κ3) is 1.39. The number of aliphatic hydroxyl groups excluding tert-OH is 1. The van der Waals surface area contributed by atoms with Gasteiger partial charge in [0.2, 0.25) is 0 Å². The Morgan fingerprint density at radius 3 is 2.60 bits per heavy atom. The lowest BCUT2D eigenvalue weighted by molar-refractivity contribution is 0.286. The van der Waals surface area contributed by atoms with Gasteiger partial charge < -0.3 is 9.52 Å². The highest BCUT2D eigenvalue weighted by molar-refractivity contribution is 5.18. The van der Waals surface area contributed by atoms with Crippen molar-refractivity contribution in [1.82, 2.24) is 0 Å². The van der Waals surface area contributed by atoms with Gasteiger partial charge in [0, 0.05) is 6.42 Å². The summed E-state index contributed by atoms with van der Waals surface area (Å²) in [6.45, 7) is 4.09. The van der Waals surface area contributed by atoms with Gasteiger partial charge in [-0.1, -0.05) is 0 Å². The van der Waals surface area contributed by atoms with Crippen LogP contribution in [0, 0.1) is 13.8 Å². The van der Waals surface area contributed by atoms with Crippen LogP contribution < -0.4 is 0 Å². The summed E-state index contributed by atoms with van der Waals surface area (Å²) in [5, 5.41) is 8.56. The topological polar surface area (TPSA) is 33.4 Å². The Bertz CT molecular complexity index is 194. The Morgan fingerprint density at radius 1 is 1.50 bits per heavy atom. The molecule has 0 aliphatic heterocycles. The summed E-state index contributed by atoms with van der Waals surface area (Å²) >= 11 is 0. The van der Waals surface area contributed by atoms with Crippen molar-refractivity contribution in [3.05, 3.63) is 23.2 Å². The standard InChI is InChI=1S/C8H12O2/c1-6-5-8(3-4-9)10-7(6)2/h5,9H,3-4H2,1-2H3. The third-order valence-electron chi connectivity index (χ3n) is 1.58. The van der Waals surface area contributed by atoms with Crippen LogP contribution in [0.15, 0.2) is 10.5 Å². The molecular weight excluding hydrogens is 128 g/mol. The van der Waals surface area contributed by atoms with Crippen molar-refractivity contribution in [3.8, 4) is 0 Å². The Hall–Kier alpha value is -0.760. The molecule has 10 heavy (non-hydrogen) atoms. The molecule has 0 spiro atoms. The molecular formula is C8H12O2. The molecule has 0 saturated heterocycles. The van der Waals surface area contributed by atoms with Gasteiger partial charge in [0.1, 0.15) is 11.5 Å². The van der Waals surface area contributed by atoms with Gasteiger partial charge in [0.15, 0.2) is 0 Å². The lowest BCUT2D eigenvalue weighted by Gasteiger charge is -1.87. The van der Waals surface area contributed by atoms with E-state index in [9.17, 15) is 0 Å². The summed E-state index contributed by atoms with van der Waals surface area (Å²) < 4.78 is 5.29. The average molecular weight is 140 g/mol. The predicted octanol–water partition coefficient (Wildman–Crippen LogP) is 1.43. The van der Waals surface area contributed by atoms with Gasteiger partial charge in [-0.05, 0) is 25.5 Å². The normalized spacial score (nSPS) is 10.3. The molecule has 0 atom stereocenters. The number of aliphatic hydroxyl groups is 1. The molecule has 1 rings (SSSR count). The van der Waals surface area contributed by atoms with Crippen LogP contribution in [0.2, 0.25) is 0 Å². The van der Waals surface area contributed by atoms with Crippen LogP contribution in [0.5, 0.6) is 0 Å². The summed E-state index contributed by atoms with van der Waals surface area (Å²) in [6.07, 6.45) is 0.620. The summed E-state index contributed by atoms with van der Waals surface area (Å²) in [5.74, 6) is 1.82. The first kappa shape index (κ1) is 7.35. The lowest BCUT2D eigenvalue weighted by Crippen LogP contribution is -1.86. The highest BCUT2D eigenvalue weighted by atomic mass is 16.3. The maximum atomic E-state index is 8.56. The van der Waals surface area contributed by atoms with Crippen LogP contribution in [-0.4, -0.2) is 11.7 Å². The molecule has 0 bridgehead atoms. The molecule has 0 fully saturated rings. The smallest absolute Gasteiger partial charge is 0.106 e. The zero-order valence-corrected chi connectivity index (χ0v) is 6.35. The highest BCUT2D eigenvalue weighted by Crippen LogP contribution is 2.12. The fourth-order valence-corrected chi connectivity index (χ4v) is 0.883. The first-order valence-corrected chi connectivity index (χ1v) is 3.41. The van der Waals surface area contributed by atoms with Crippen LogP contribution in [0.25, 0.3) is 0 Å². The van der Waals surface area contributed by atoms with Crippen molar-refractivity contribution in [2.75, 3.05) is 6.61 Å². The van der Waals surface area contributed by atoms with Crippen molar-refractivity contribution >= 4 is 0 Å². The van der Waals surface area contributed by atoms with E-state index in [2.05, 4.69) is 0 Å². The molecule has 2 nitrogen and oxygen atoms in total. The Kier molecular flexibility index (Phi) is 2.12.